The van der Waals surface area contributed by atoms with E-state index in [0.29, 0.717) is 0 Å². The van der Waals surface area contributed by atoms with Crippen LogP contribution >= 0.6 is 11.3 Å². The van der Waals surface area contributed by atoms with Crippen LogP contribution in [0.15, 0.2) is 17.5 Å². The van der Waals surface area contributed by atoms with Gasteiger partial charge in [-0.3, -0.25) is 9.69 Å². The number of carbonyl (C=O) groups is 1. The fraction of sp³-hybridized carbons (Fsp3) is 0.545. The van der Waals surface area contributed by atoms with Crippen molar-refractivity contribution in [2.45, 2.75) is 19.4 Å². The Labute approximate surface area is 93.9 Å². The van der Waals surface area contributed by atoms with Crippen LogP contribution in [-0.2, 0) is 11.3 Å². The van der Waals surface area contributed by atoms with Gasteiger partial charge >= 0.3 is 0 Å². The Morgan fingerprint density at radius 1 is 1.67 bits per heavy atom. The van der Waals surface area contributed by atoms with Crippen molar-refractivity contribution in [3.8, 4) is 0 Å². The van der Waals surface area contributed by atoms with Crippen LogP contribution in [-0.4, -0.2) is 23.9 Å². The van der Waals surface area contributed by atoms with Crippen molar-refractivity contribution in [3.05, 3.63) is 22.4 Å². The molecule has 1 aromatic heterocycles. The summed E-state index contributed by atoms with van der Waals surface area (Å²) in [7, 11) is 0. The van der Waals surface area contributed by atoms with Crippen molar-refractivity contribution >= 4 is 17.2 Å². The van der Waals surface area contributed by atoms with E-state index in [9.17, 15) is 4.79 Å². The lowest BCUT2D eigenvalue weighted by molar-refractivity contribution is -0.123. The van der Waals surface area contributed by atoms with E-state index in [-0.39, 0.29) is 11.8 Å². The van der Waals surface area contributed by atoms with Gasteiger partial charge in [-0.05, 0) is 30.8 Å². The van der Waals surface area contributed by atoms with Crippen molar-refractivity contribution in [3.63, 3.8) is 0 Å². The number of nitrogens with zero attached hydrogens (tertiary/aromatic N) is 1. The van der Waals surface area contributed by atoms with Gasteiger partial charge in [0.05, 0.1) is 5.92 Å². The quantitative estimate of drug-likeness (QED) is 0.844. The summed E-state index contributed by atoms with van der Waals surface area (Å²) in [6.07, 6.45) is 2.04. The van der Waals surface area contributed by atoms with E-state index in [4.69, 9.17) is 5.73 Å². The molecule has 3 nitrogen and oxygen atoms in total. The second-order valence-electron chi connectivity index (χ2n) is 4.06. The van der Waals surface area contributed by atoms with Crippen LogP contribution in [0.4, 0.5) is 0 Å². The molecule has 0 aromatic carbocycles. The first kappa shape index (κ1) is 10.6. The minimum Gasteiger partial charge on any atom is -0.369 e. The van der Waals surface area contributed by atoms with Gasteiger partial charge in [-0.2, -0.15) is 0 Å². The first-order chi connectivity index (χ1) is 7.25. The topological polar surface area (TPSA) is 46.3 Å². The van der Waals surface area contributed by atoms with Crippen LogP contribution < -0.4 is 5.73 Å². The molecular weight excluding hydrogens is 208 g/mol. The van der Waals surface area contributed by atoms with Crippen LogP contribution in [0, 0.1) is 5.92 Å². The van der Waals surface area contributed by atoms with E-state index in [0.717, 1.165) is 32.5 Å². The Morgan fingerprint density at radius 2 is 2.53 bits per heavy atom. The molecule has 1 amide bonds. The molecular formula is C11H16N2OS. The van der Waals surface area contributed by atoms with Crippen LogP contribution in [0.5, 0.6) is 0 Å². The maximum atomic E-state index is 11.1. The smallest absolute Gasteiger partial charge is 0.221 e. The predicted octanol–water partition coefficient (Wildman–Crippen LogP) is 1.45. The Morgan fingerprint density at radius 3 is 3.20 bits per heavy atom. The standard InChI is InChI=1S/C11H16N2OS/c12-11(14)9-3-1-5-13(7-9)8-10-4-2-6-15-10/h2,4,6,9H,1,3,5,7-8H2,(H2,12,14)/t9-/m0/s1. The van der Waals surface area contributed by atoms with E-state index in [2.05, 4.69) is 22.4 Å². The van der Waals surface area contributed by atoms with Crippen molar-refractivity contribution in [2.75, 3.05) is 13.1 Å². The molecule has 0 bridgehead atoms. The highest BCUT2D eigenvalue weighted by Crippen LogP contribution is 2.19. The van der Waals surface area contributed by atoms with Crippen molar-refractivity contribution < 1.29 is 4.79 Å². The van der Waals surface area contributed by atoms with Gasteiger partial charge in [-0.25, -0.2) is 0 Å². The lowest BCUT2D eigenvalue weighted by atomic mass is 9.97. The number of piperidine rings is 1. The Kier molecular flexibility index (Phi) is 3.38. The zero-order valence-corrected chi connectivity index (χ0v) is 9.50. The molecule has 2 rings (SSSR count). The number of hydrogen-bond donors (Lipinski definition) is 1. The van der Waals surface area contributed by atoms with Crippen molar-refractivity contribution in [1.29, 1.82) is 0 Å². The predicted molar refractivity (Wildman–Crippen MR) is 61.5 cm³/mol. The first-order valence-corrected chi connectivity index (χ1v) is 6.18. The van der Waals surface area contributed by atoms with Crippen molar-refractivity contribution in [2.24, 2.45) is 11.7 Å². The molecule has 0 spiro atoms. The molecule has 2 N–H and O–H groups in total. The Hall–Kier alpha value is -0.870. The second kappa shape index (κ2) is 4.77. The van der Waals surface area contributed by atoms with Gasteiger partial charge < -0.3 is 5.73 Å². The maximum Gasteiger partial charge on any atom is 0.221 e. The molecule has 1 fully saturated rings. The molecule has 4 heteroatoms. The van der Waals surface area contributed by atoms with Gasteiger partial charge in [0.15, 0.2) is 0 Å². The average molecular weight is 224 g/mol. The number of primary amides is 1. The summed E-state index contributed by atoms with van der Waals surface area (Å²) in [5.41, 5.74) is 5.34. The maximum absolute atomic E-state index is 11.1. The average Bonchev–Trinajstić information content (AvgIpc) is 2.71. The second-order valence-corrected chi connectivity index (χ2v) is 5.09. The molecule has 82 valence electrons. The molecule has 15 heavy (non-hydrogen) atoms. The van der Waals surface area contributed by atoms with Crippen LogP contribution in [0.1, 0.15) is 17.7 Å². The van der Waals surface area contributed by atoms with E-state index in [1.54, 1.807) is 11.3 Å². The van der Waals surface area contributed by atoms with Gasteiger partial charge in [0.25, 0.3) is 0 Å². The van der Waals surface area contributed by atoms with Crippen LogP contribution in [0.3, 0.4) is 0 Å². The molecule has 0 aliphatic carbocycles. The number of carbonyl (C=O) groups excluding carboxylic acids is 1. The summed E-state index contributed by atoms with van der Waals surface area (Å²) >= 11 is 1.77. The molecule has 1 aliphatic rings. The van der Waals surface area contributed by atoms with Gasteiger partial charge in [0.2, 0.25) is 5.91 Å². The molecule has 0 saturated carbocycles. The largest absolute Gasteiger partial charge is 0.369 e. The zero-order valence-electron chi connectivity index (χ0n) is 8.69. The molecule has 0 radical (unpaired) electrons. The minimum absolute atomic E-state index is 0.0544. The zero-order chi connectivity index (χ0) is 10.7. The van der Waals surface area contributed by atoms with Gasteiger partial charge in [0, 0.05) is 18.0 Å². The SMILES string of the molecule is NC(=O)[C@H]1CCCN(Cc2cccs2)C1. The minimum atomic E-state index is -0.147. The monoisotopic (exact) mass is 224 g/mol. The van der Waals surface area contributed by atoms with E-state index >= 15 is 0 Å². The number of likely N-dealkylation sites (tertiary alicyclic amines) is 1. The first-order valence-electron chi connectivity index (χ1n) is 5.30. The van der Waals surface area contributed by atoms with E-state index in [1.807, 2.05) is 0 Å². The third-order valence-electron chi connectivity index (χ3n) is 2.87. The molecule has 0 unspecified atom stereocenters. The normalized spacial score (nSPS) is 22.8. The highest BCUT2D eigenvalue weighted by atomic mass is 32.1. The summed E-state index contributed by atoms with van der Waals surface area (Å²) in [5.74, 6) is -0.0930. The number of thiophene rings is 1. The fourth-order valence-corrected chi connectivity index (χ4v) is 2.80. The Bertz CT molecular complexity index is 323. The summed E-state index contributed by atoms with van der Waals surface area (Å²) in [6, 6.07) is 4.20. The fourth-order valence-electron chi connectivity index (χ4n) is 2.05. The number of hydrogen-bond acceptors (Lipinski definition) is 3. The lowest BCUT2D eigenvalue weighted by Gasteiger charge is -2.30. The lowest BCUT2D eigenvalue weighted by Crippen LogP contribution is -2.40. The third kappa shape index (κ3) is 2.79. The highest BCUT2D eigenvalue weighted by Gasteiger charge is 2.23. The number of rotatable bonds is 3. The molecule has 1 saturated heterocycles. The van der Waals surface area contributed by atoms with Gasteiger partial charge in [-0.1, -0.05) is 6.07 Å². The summed E-state index contributed by atoms with van der Waals surface area (Å²) in [5, 5.41) is 2.09. The van der Waals surface area contributed by atoms with E-state index < -0.39 is 0 Å². The summed E-state index contributed by atoms with van der Waals surface area (Å²) in [4.78, 5) is 14.8. The molecule has 1 aromatic rings. The third-order valence-corrected chi connectivity index (χ3v) is 3.73. The molecule has 2 heterocycles. The summed E-state index contributed by atoms with van der Waals surface area (Å²) in [6.45, 7) is 2.87. The van der Waals surface area contributed by atoms with Gasteiger partial charge in [-0.15, -0.1) is 11.3 Å². The van der Waals surface area contributed by atoms with Crippen LogP contribution in [0.25, 0.3) is 0 Å². The van der Waals surface area contributed by atoms with Gasteiger partial charge in [0.1, 0.15) is 0 Å². The molecule has 1 atom stereocenters. The van der Waals surface area contributed by atoms with Crippen molar-refractivity contribution in [1.82, 2.24) is 4.90 Å². The number of nitrogens with two attached hydrogens (primary N) is 1. The Balaban J connectivity index is 1.90. The highest BCUT2D eigenvalue weighted by molar-refractivity contribution is 7.09. The summed E-state index contributed by atoms with van der Waals surface area (Å²) < 4.78 is 0. The van der Waals surface area contributed by atoms with Crippen LogP contribution in [0.2, 0.25) is 0 Å². The van der Waals surface area contributed by atoms with E-state index in [1.165, 1.54) is 4.88 Å². The number of amides is 1. The molecule has 1 aliphatic heterocycles.